The summed E-state index contributed by atoms with van der Waals surface area (Å²) in [5.74, 6) is 7.06. The number of ether oxygens (including phenoxy) is 2. The SMILES string of the molecule is Cc1ccc(S(=O)(=O)NCC#CCOc2cccc3c2OC(C)(C)C3)c(C)c1. The fraction of sp³-hybridized carbons (Fsp3) is 0.364. The summed E-state index contributed by atoms with van der Waals surface area (Å²) in [5, 5.41) is 0. The fourth-order valence-corrected chi connectivity index (χ4v) is 4.39. The molecule has 6 heteroatoms. The predicted molar refractivity (Wildman–Crippen MR) is 109 cm³/mol. The van der Waals surface area contributed by atoms with Crippen LogP contribution in [-0.4, -0.2) is 27.2 Å². The minimum absolute atomic E-state index is 0.0233. The van der Waals surface area contributed by atoms with Gasteiger partial charge in [0.25, 0.3) is 0 Å². The summed E-state index contributed by atoms with van der Waals surface area (Å²) in [4.78, 5) is 0.274. The van der Waals surface area contributed by atoms with E-state index in [2.05, 4.69) is 16.6 Å². The van der Waals surface area contributed by atoms with Crippen LogP contribution in [0.3, 0.4) is 0 Å². The Balaban J connectivity index is 1.55. The molecule has 0 amide bonds. The highest BCUT2D eigenvalue weighted by Gasteiger charge is 2.32. The van der Waals surface area contributed by atoms with E-state index in [1.165, 1.54) is 0 Å². The predicted octanol–water partition coefficient (Wildman–Crippen LogP) is 3.38. The maximum absolute atomic E-state index is 12.4. The Bertz CT molecular complexity index is 1050. The summed E-state index contributed by atoms with van der Waals surface area (Å²) in [6.07, 6.45) is 0.839. The first-order chi connectivity index (χ1) is 13.2. The molecule has 28 heavy (non-hydrogen) atoms. The number of aryl methyl sites for hydroxylation is 2. The highest BCUT2D eigenvalue weighted by atomic mass is 32.2. The number of hydrogen-bond donors (Lipinski definition) is 1. The Hall–Kier alpha value is -2.49. The second kappa shape index (κ2) is 7.86. The van der Waals surface area contributed by atoms with Gasteiger partial charge in [-0.25, -0.2) is 8.42 Å². The van der Waals surface area contributed by atoms with Crippen molar-refractivity contribution in [2.75, 3.05) is 13.2 Å². The molecule has 1 heterocycles. The molecule has 2 aromatic rings. The van der Waals surface area contributed by atoms with E-state index in [1.54, 1.807) is 19.1 Å². The van der Waals surface area contributed by atoms with Gasteiger partial charge < -0.3 is 9.47 Å². The number of fused-ring (bicyclic) bond motifs is 1. The fourth-order valence-electron chi connectivity index (χ4n) is 3.24. The maximum Gasteiger partial charge on any atom is 0.241 e. The van der Waals surface area contributed by atoms with Crippen molar-refractivity contribution >= 4 is 10.0 Å². The lowest BCUT2D eigenvalue weighted by molar-refractivity contribution is 0.133. The van der Waals surface area contributed by atoms with Crippen LogP contribution in [0.25, 0.3) is 0 Å². The van der Waals surface area contributed by atoms with Crippen LogP contribution in [0.1, 0.15) is 30.5 Å². The molecule has 0 saturated carbocycles. The largest absolute Gasteiger partial charge is 0.483 e. The van der Waals surface area contributed by atoms with Crippen LogP contribution in [0.2, 0.25) is 0 Å². The zero-order valence-electron chi connectivity index (χ0n) is 16.6. The van der Waals surface area contributed by atoms with E-state index >= 15 is 0 Å². The van der Waals surface area contributed by atoms with Gasteiger partial charge in [0.2, 0.25) is 10.0 Å². The van der Waals surface area contributed by atoms with Gasteiger partial charge in [-0.2, -0.15) is 4.72 Å². The van der Waals surface area contributed by atoms with Gasteiger partial charge >= 0.3 is 0 Å². The number of para-hydroxylation sites is 1. The van der Waals surface area contributed by atoms with Crippen molar-refractivity contribution in [1.29, 1.82) is 0 Å². The van der Waals surface area contributed by atoms with E-state index in [4.69, 9.17) is 9.47 Å². The normalized spacial score (nSPS) is 14.6. The molecule has 1 N–H and O–H groups in total. The second-order valence-electron chi connectivity index (χ2n) is 7.52. The lowest BCUT2D eigenvalue weighted by Gasteiger charge is -2.17. The Morgan fingerprint density at radius 1 is 1.18 bits per heavy atom. The monoisotopic (exact) mass is 399 g/mol. The van der Waals surface area contributed by atoms with Gasteiger partial charge in [0, 0.05) is 12.0 Å². The summed E-state index contributed by atoms with van der Waals surface area (Å²) in [6, 6.07) is 11.1. The number of benzene rings is 2. The third kappa shape index (κ3) is 4.67. The molecule has 0 aromatic heterocycles. The number of nitrogens with one attached hydrogen (secondary N) is 1. The van der Waals surface area contributed by atoms with Gasteiger partial charge in [0.15, 0.2) is 11.5 Å². The van der Waals surface area contributed by atoms with Gasteiger partial charge in [0.05, 0.1) is 11.4 Å². The van der Waals surface area contributed by atoms with Gasteiger partial charge in [-0.1, -0.05) is 41.7 Å². The van der Waals surface area contributed by atoms with Crippen molar-refractivity contribution in [1.82, 2.24) is 4.72 Å². The quantitative estimate of drug-likeness (QED) is 0.783. The van der Waals surface area contributed by atoms with Crippen molar-refractivity contribution in [3.05, 3.63) is 53.1 Å². The summed E-state index contributed by atoms with van der Waals surface area (Å²) in [6.45, 7) is 7.97. The summed E-state index contributed by atoms with van der Waals surface area (Å²) in [7, 11) is -3.58. The van der Waals surface area contributed by atoms with E-state index in [9.17, 15) is 8.42 Å². The van der Waals surface area contributed by atoms with E-state index in [-0.39, 0.29) is 23.6 Å². The average molecular weight is 400 g/mol. The molecule has 3 rings (SSSR count). The molecule has 0 spiro atoms. The zero-order chi connectivity index (χ0) is 20.4. The molecular formula is C22H25NO4S. The van der Waals surface area contributed by atoms with Crippen LogP contribution < -0.4 is 14.2 Å². The Labute approximate surface area is 167 Å². The lowest BCUT2D eigenvalue weighted by Crippen LogP contribution is -2.25. The van der Waals surface area contributed by atoms with Crippen LogP contribution in [0.15, 0.2) is 41.3 Å². The zero-order valence-corrected chi connectivity index (χ0v) is 17.4. The molecular weight excluding hydrogens is 374 g/mol. The lowest BCUT2D eigenvalue weighted by atomic mass is 10.0. The summed E-state index contributed by atoms with van der Waals surface area (Å²) < 4.78 is 38.9. The second-order valence-corrected chi connectivity index (χ2v) is 9.25. The number of hydrogen-bond acceptors (Lipinski definition) is 4. The first kappa shape index (κ1) is 20.2. The Kier molecular flexibility index (Phi) is 5.69. The highest BCUT2D eigenvalue weighted by Crippen LogP contribution is 2.41. The minimum Gasteiger partial charge on any atom is -0.483 e. The van der Waals surface area contributed by atoms with E-state index in [1.807, 2.05) is 45.0 Å². The van der Waals surface area contributed by atoms with E-state index in [0.29, 0.717) is 11.3 Å². The standard InChI is InChI=1S/C22H25NO4S/c1-16-10-11-20(17(2)14-16)28(24,25)23-12-5-6-13-26-19-9-7-8-18-15-22(3,4)27-21(18)19/h7-11,14,23H,12-13,15H2,1-4H3. The van der Waals surface area contributed by atoms with Crippen molar-refractivity contribution in [3.8, 4) is 23.3 Å². The maximum atomic E-state index is 12.4. The highest BCUT2D eigenvalue weighted by molar-refractivity contribution is 7.89. The van der Waals surface area contributed by atoms with Crippen LogP contribution in [0.4, 0.5) is 0 Å². The number of sulfonamides is 1. The smallest absolute Gasteiger partial charge is 0.241 e. The Morgan fingerprint density at radius 2 is 1.96 bits per heavy atom. The molecule has 0 saturated heterocycles. The topological polar surface area (TPSA) is 64.6 Å². The van der Waals surface area contributed by atoms with Crippen molar-refractivity contribution in [3.63, 3.8) is 0 Å². The third-order valence-corrected chi connectivity index (χ3v) is 6.01. The van der Waals surface area contributed by atoms with Crippen LogP contribution in [-0.2, 0) is 16.4 Å². The van der Waals surface area contributed by atoms with Gasteiger partial charge in [-0.05, 0) is 45.4 Å². The molecule has 0 atom stereocenters. The van der Waals surface area contributed by atoms with Crippen molar-refractivity contribution < 1.29 is 17.9 Å². The molecule has 0 fully saturated rings. The molecule has 1 aliphatic heterocycles. The number of rotatable bonds is 5. The van der Waals surface area contributed by atoms with Gasteiger partial charge in [-0.15, -0.1) is 0 Å². The van der Waals surface area contributed by atoms with E-state index in [0.717, 1.165) is 23.3 Å². The first-order valence-corrected chi connectivity index (χ1v) is 10.6. The molecule has 2 aromatic carbocycles. The molecule has 0 bridgehead atoms. The van der Waals surface area contributed by atoms with E-state index < -0.39 is 10.0 Å². The van der Waals surface area contributed by atoms with Crippen LogP contribution in [0, 0.1) is 25.7 Å². The van der Waals surface area contributed by atoms with Crippen LogP contribution in [0.5, 0.6) is 11.5 Å². The first-order valence-electron chi connectivity index (χ1n) is 9.14. The average Bonchev–Trinajstić information content (AvgIpc) is 2.92. The van der Waals surface area contributed by atoms with Gasteiger partial charge in [0.1, 0.15) is 12.2 Å². The Morgan fingerprint density at radius 3 is 2.71 bits per heavy atom. The van der Waals surface area contributed by atoms with Crippen LogP contribution >= 0.6 is 0 Å². The molecule has 0 radical (unpaired) electrons. The minimum atomic E-state index is -3.58. The third-order valence-electron chi connectivity index (χ3n) is 4.45. The van der Waals surface area contributed by atoms with Crippen molar-refractivity contribution in [2.45, 2.75) is 44.6 Å². The van der Waals surface area contributed by atoms with Gasteiger partial charge in [-0.3, -0.25) is 0 Å². The molecule has 0 aliphatic carbocycles. The summed E-state index contributed by atoms with van der Waals surface area (Å²) >= 11 is 0. The summed E-state index contributed by atoms with van der Waals surface area (Å²) in [5.41, 5.74) is 2.62. The molecule has 148 valence electrons. The molecule has 5 nitrogen and oxygen atoms in total. The van der Waals surface area contributed by atoms with Crippen molar-refractivity contribution in [2.24, 2.45) is 0 Å². The molecule has 0 unspecified atom stereocenters. The molecule has 1 aliphatic rings.